The fourth-order valence-electron chi connectivity index (χ4n) is 3.30. The molecule has 3 aromatic carbocycles. The molecular formula is C22H23Si. The van der Waals surface area contributed by atoms with Gasteiger partial charge in [-0.25, -0.2) is 0 Å². The topological polar surface area (TPSA) is 0 Å². The van der Waals surface area contributed by atoms with Crippen LogP contribution in [-0.2, 0) is 0 Å². The smallest absolute Gasteiger partial charge is 0.0628 e. The van der Waals surface area contributed by atoms with Crippen LogP contribution in [0.15, 0.2) is 78.9 Å². The molecule has 0 aliphatic carbocycles. The average molecular weight is 316 g/mol. The van der Waals surface area contributed by atoms with Crippen molar-refractivity contribution in [3.8, 4) is 0 Å². The molecule has 0 fully saturated rings. The van der Waals surface area contributed by atoms with Crippen molar-refractivity contribution in [3.63, 3.8) is 0 Å². The van der Waals surface area contributed by atoms with Gasteiger partial charge in [-0.1, -0.05) is 96.2 Å². The largest absolute Gasteiger partial charge is 0.128 e. The van der Waals surface area contributed by atoms with Crippen LogP contribution in [0.25, 0.3) is 0 Å². The normalized spacial score (nSPS) is 12.3. The predicted molar refractivity (Wildman–Crippen MR) is 102 cm³/mol. The van der Waals surface area contributed by atoms with E-state index in [4.69, 9.17) is 0 Å². The summed E-state index contributed by atoms with van der Waals surface area (Å²) in [6.07, 6.45) is 0. The highest BCUT2D eigenvalue weighted by atomic mass is 28.3. The summed E-state index contributed by atoms with van der Waals surface area (Å²) in [6.45, 7) is 6.87. The first kappa shape index (κ1) is 15.8. The molecule has 1 unspecified atom stereocenters. The van der Waals surface area contributed by atoms with Crippen LogP contribution in [0, 0.1) is 13.8 Å². The van der Waals surface area contributed by atoms with Gasteiger partial charge in [-0.3, -0.25) is 0 Å². The maximum atomic E-state index is 2.40. The zero-order valence-corrected chi connectivity index (χ0v) is 15.1. The third-order valence-electron chi connectivity index (χ3n) is 4.72. The van der Waals surface area contributed by atoms with Gasteiger partial charge < -0.3 is 0 Å². The van der Waals surface area contributed by atoms with Gasteiger partial charge >= 0.3 is 0 Å². The molecule has 0 saturated carbocycles. The lowest BCUT2D eigenvalue weighted by Gasteiger charge is -2.25. The van der Waals surface area contributed by atoms with Gasteiger partial charge in [0.15, 0.2) is 0 Å². The summed E-state index contributed by atoms with van der Waals surface area (Å²) in [6, 6.07) is 28.8. The molecule has 115 valence electrons. The summed E-state index contributed by atoms with van der Waals surface area (Å²) in [4.78, 5) is 0. The summed E-state index contributed by atoms with van der Waals surface area (Å²) in [5, 5.41) is 2.97. The first-order valence-electron chi connectivity index (χ1n) is 8.22. The van der Waals surface area contributed by atoms with Gasteiger partial charge in [-0.2, -0.15) is 0 Å². The molecule has 0 N–H and O–H groups in total. The molecule has 1 heteroatoms. The average Bonchev–Trinajstić information content (AvgIpc) is 2.59. The Balaban J connectivity index is 2.10. The lowest BCUT2D eigenvalue weighted by atomic mass is 10.0. The van der Waals surface area contributed by atoms with Crippen LogP contribution >= 0.6 is 0 Å². The van der Waals surface area contributed by atoms with E-state index in [1.54, 1.807) is 0 Å². The Labute approximate surface area is 141 Å². The van der Waals surface area contributed by atoms with E-state index in [1.165, 1.54) is 27.1 Å². The first-order chi connectivity index (χ1) is 11.2. The molecule has 0 aliphatic rings. The second-order valence-corrected chi connectivity index (χ2v) is 9.00. The van der Waals surface area contributed by atoms with Crippen molar-refractivity contribution >= 4 is 19.2 Å². The van der Waals surface area contributed by atoms with Gasteiger partial charge in [0.05, 0.1) is 0 Å². The highest BCUT2D eigenvalue weighted by molar-refractivity contribution is 6.86. The fraction of sp³-hybridized carbons (Fsp3) is 0.182. The molecule has 1 radical (unpaired) electrons. The summed E-state index contributed by atoms with van der Waals surface area (Å²) in [5.74, 6) is 0. The van der Waals surface area contributed by atoms with E-state index in [0.29, 0.717) is 5.54 Å². The van der Waals surface area contributed by atoms with Crippen molar-refractivity contribution in [3.05, 3.63) is 95.6 Å². The molecule has 3 rings (SSSR count). The third-order valence-corrected chi connectivity index (χ3v) is 7.80. The molecule has 0 amide bonds. The zero-order valence-electron chi connectivity index (χ0n) is 14.1. The molecule has 23 heavy (non-hydrogen) atoms. The van der Waals surface area contributed by atoms with Crippen LogP contribution in [0.4, 0.5) is 0 Å². The Bertz CT molecular complexity index is 723. The van der Waals surface area contributed by atoms with E-state index in [1.807, 2.05) is 0 Å². The predicted octanol–water partition coefficient (Wildman–Crippen LogP) is 4.26. The number of aryl methyl sites for hydroxylation is 1. The fourth-order valence-corrected chi connectivity index (χ4v) is 6.36. The molecule has 0 bridgehead atoms. The Hall–Kier alpha value is -2.12. The molecule has 0 aromatic heterocycles. The zero-order chi connectivity index (χ0) is 16.2. The van der Waals surface area contributed by atoms with E-state index in [9.17, 15) is 0 Å². The molecule has 0 aliphatic heterocycles. The second kappa shape index (κ2) is 6.97. The molecule has 1 atom stereocenters. The van der Waals surface area contributed by atoms with Crippen molar-refractivity contribution in [1.82, 2.24) is 0 Å². The summed E-state index contributed by atoms with van der Waals surface area (Å²) in [7, 11) is -0.868. The molecule has 0 heterocycles. The van der Waals surface area contributed by atoms with E-state index in [2.05, 4.69) is 99.6 Å². The second-order valence-electron chi connectivity index (χ2n) is 6.16. The highest BCUT2D eigenvalue weighted by Gasteiger charge is 2.26. The standard InChI is InChI=1S/C22H23Si/c1-17-11-10-16-22(18(17)2)19(3)23(20-12-6-4-7-13-20)21-14-8-5-9-15-21/h4-16,19H,1-3H3. The Kier molecular flexibility index (Phi) is 4.78. The quantitative estimate of drug-likeness (QED) is 0.631. The number of benzene rings is 3. The van der Waals surface area contributed by atoms with E-state index in [-0.39, 0.29) is 0 Å². The van der Waals surface area contributed by atoms with Gasteiger partial charge in [-0.05, 0) is 36.1 Å². The van der Waals surface area contributed by atoms with Crippen LogP contribution in [0.1, 0.15) is 29.2 Å². The minimum Gasteiger partial charge on any atom is -0.0628 e. The molecule has 0 nitrogen and oxygen atoms in total. The van der Waals surface area contributed by atoms with E-state index < -0.39 is 8.80 Å². The molecule has 3 aromatic rings. The minimum absolute atomic E-state index is 0.532. The van der Waals surface area contributed by atoms with Crippen LogP contribution in [0.5, 0.6) is 0 Å². The first-order valence-corrected chi connectivity index (χ1v) is 9.80. The Morgan fingerprint density at radius 1 is 0.652 bits per heavy atom. The summed E-state index contributed by atoms with van der Waals surface area (Å²) < 4.78 is 0. The third kappa shape index (κ3) is 3.30. The molecular weight excluding hydrogens is 292 g/mol. The molecule has 0 spiro atoms. The van der Waals surface area contributed by atoms with Crippen molar-refractivity contribution in [2.45, 2.75) is 26.3 Å². The minimum atomic E-state index is -0.868. The van der Waals surface area contributed by atoms with Gasteiger partial charge in [-0.15, -0.1) is 0 Å². The van der Waals surface area contributed by atoms with Gasteiger partial charge in [0.1, 0.15) is 8.80 Å². The van der Waals surface area contributed by atoms with Crippen LogP contribution in [0.2, 0.25) is 0 Å². The van der Waals surface area contributed by atoms with Crippen LogP contribution < -0.4 is 10.4 Å². The van der Waals surface area contributed by atoms with Crippen molar-refractivity contribution in [2.24, 2.45) is 0 Å². The maximum Gasteiger partial charge on any atom is 0.128 e. The van der Waals surface area contributed by atoms with Crippen molar-refractivity contribution in [1.29, 1.82) is 0 Å². The summed E-state index contributed by atoms with van der Waals surface area (Å²) in [5.41, 5.74) is 4.85. The Morgan fingerprint density at radius 2 is 1.17 bits per heavy atom. The van der Waals surface area contributed by atoms with Gasteiger partial charge in [0.25, 0.3) is 0 Å². The van der Waals surface area contributed by atoms with E-state index >= 15 is 0 Å². The van der Waals surface area contributed by atoms with Gasteiger partial charge in [0.2, 0.25) is 0 Å². The van der Waals surface area contributed by atoms with Crippen LogP contribution in [0.3, 0.4) is 0 Å². The Morgan fingerprint density at radius 3 is 1.70 bits per heavy atom. The lowest BCUT2D eigenvalue weighted by Crippen LogP contribution is -2.46. The van der Waals surface area contributed by atoms with Crippen molar-refractivity contribution < 1.29 is 0 Å². The lowest BCUT2D eigenvalue weighted by molar-refractivity contribution is 1.03. The maximum absolute atomic E-state index is 2.40. The highest BCUT2D eigenvalue weighted by Crippen LogP contribution is 2.24. The molecule has 0 saturated heterocycles. The van der Waals surface area contributed by atoms with Crippen molar-refractivity contribution in [2.75, 3.05) is 0 Å². The van der Waals surface area contributed by atoms with Crippen LogP contribution in [-0.4, -0.2) is 8.80 Å². The number of hydrogen-bond acceptors (Lipinski definition) is 0. The monoisotopic (exact) mass is 315 g/mol. The number of rotatable bonds is 4. The SMILES string of the molecule is Cc1cccc(C(C)[Si](c2ccccc2)c2ccccc2)c1C. The number of hydrogen-bond donors (Lipinski definition) is 0. The summed E-state index contributed by atoms with van der Waals surface area (Å²) >= 11 is 0. The van der Waals surface area contributed by atoms with E-state index in [0.717, 1.165) is 0 Å². The van der Waals surface area contributed by atoms with Gasteiger partial charge in [0, 0.05) is 0 Å².